The molecule has 0 spiro atoms. The minimum Gasteiger partial charge on any atom is -0.493 e. The van der Waals surface area contributed by atoms with Crippen molar-refractivity contribution in [3.63, 3.8) is 0 Å². The average Bonchev–Trinajstić information content (AvgIpc) is 2.21. The van der Waals surface area contributed by atoms with Gasteiger partial charge in [0.25, 0.3) is 0 Å². The number of hydrogen-bond acceptors (Lipinski definition) is 2. The van der Waals surface area contributed by atoms with E-state index in [-0.39, 0.29) is 0 Å². The standard InChI is InChI=1S/C12H18N2OS/c1-9-5-3-6-10(2)11(9)15-8-4-7-14-12(13)16/h3,5-6H,4,7-8H2,1-2H3,(H3,13,14,16). The van der Waals surface area contributed by atoms with Crippen molar-refractivity contribution in [2.75, 3.05) is 13.2 Å². The van der Waals surface area contributed by atoms with Gasteiger partial charge in [0.2, 0.25) is 0 Å². The van der Waals surface area contributed by atoms with Crippen molar-refractivity contribution in [2.45, 2.75) is 20.3 Å². The minimum absolute atomic E-state index is 0.340. The fourth-order valence-electron chi connectivity index (χ4n) is 1.48. The van der Waals surface area contributed by atoms with Gasteiger partial charge in [0.05, 0.1) is 6.61 Å². The van der Waals surface area contributed by atoms with Crippen LogP contribution in [-0.4, -0.2) is 18.3 Å². The molecular weight excluding hydrogens is 220 g/mol. The van der Waals surface area contributed by atoms with Crippen LogP contribution in [0.4, 0.5) is 0 Å². The molecule has 0 unspecified atom stereocenters. The van der Waals surface area contributed by atoms with Crippen LogP contribution >= 0.6 is 12.2 Å². The molecule has 88 valence electrons. The van der Waals surface area contributed by atoms with E-state index in [4.69, 9.17) is 22.7 Å². The van der Waals surface area contributed by atoms with E-state index in [2.05, 4.69) is 31.3 Å². The first-order chi connectivity index (χ1) is 7.61. The number of benzene rings is 1. The van der Waals surface area contributed by atoms with E-state index in [0.717, 1.165) is 18.7 Å². The average molecular weight is 238 g/mol. The predicted molar refractivity (Wildman–Crippen MR) is 70.8 cm³/mol. The number of ether oxygens (including phenoxy) is 1. The number of rotatable bonds is 5. The summed E-state index contributed by atoms with van der Waals surface area (Å²) in [5.41, 5.74) is 7.65. The minimum atomic E-state index is 0.340. The molecule has 16 heavy (non-hydrogen) atoms. The Bertz CT molecular complexity index is 346. The quantitative estimate of drug-likeness (QED) is 0.607. The van der Waals surface area contributed by atoms with E-state index in [1.54, 1.807) is 0 Å². The van der Waals surface area contributed by atoms with Crippen molar-refractivity contribution in [2.24, 2.45) is 5.73 Å². The fraction of sp³-hybridized carbons (Fsp3) is 0.417. The lowest BCUT2D eigenvalue weighted by Crippen LogP contribution is -2.30. The molecule has 0 aliphatic carbocycles. The first-order valence-corrected chi connectivity index (χ1v) is 5.74. The second-order valence-corrected chi connectivity index (χ2v) is 4.15. The zero-order valence-electron chi connectivity index (χ0n) is 9.75. The Morgan fingerprint density at radius 1 is 1.38 bits per heavy atom. The van der Waals surface area contributed by atoms with Gasteiger partial charge in [-0.2, -0.15) is 0 Å². The Morgan fingerprint density at radius 3 is 2.56 bits per heavy atom. The maximum atomic E-state index is 5.73. The molecule has 1 aromatic carbocycles. The van der Waals surface area contributed by atoms with Crippen LogP contribution in [0.2, 0.25) is 0 Å². The lowest BCUT2D eigenvalue weighted by molar-refractivity contribution is 0.307. The zero-order valence-corrected chi connectivity index (χ0v) is 10.6. The molecule has 0 aromatic heterocycles. The van der Waals surface area contributed by atoms with Gasteiger partial charge in [-0.3, -0.25) is 0 Å². The molecule has 4 heteroatoms. The molecule has 1 rings (SSSR count). The number of nitrogens with one attached hydrogen (secondary N) is 1. The van der Waals surface area contributed by atoms with E-state index >= 15 is 0 Å². The summed E-state index contributed by atoms with van der Waals surface area (Å²) >= 11 is 4.71. The summed E-state index contributed by atoms with van der Waals surface area (Å²) in [6, 6.07) is 6.14. The molecule has 0 radical (unpaired) electrons. The number of para-hydroxylation sites is 1. The zero-order chi connectivity index (χ0) is 12.0. The largest absolute Gasteiger partial charge is 0.493 e. The van der Waals surface area contributed by atoms with Crippen LogP contribution in [-0.2, 0) is 0 Å². The van der Waals surface area contributed by atoms with Crippen molar-refractivity contribution in [1.82, 2.24) is 5.32 Å². The van der Waals surface area contributed by atoms with Crippen LogP contribution in [0.15, 0.2) is 18.2 Å². The van der Waals surface area contributed by atoms with E-state index in [9.17, 15) is 0 Å². The summed E-state index contributed by atoms with van der Waals surface area (Å²) in [6.07, 6.45) is 0.880. The highest BCUT2D eigenvalue weighted by molar-refractivity contribution is 7.80. The number of aryl methyl sites for hydroxylation is 2. The highest BCUT2D eigenvalue weighted by atomic mass is 32.1. The van der Waals surface area contributed by atoms with Gasteiger partial charge >= 0.3 is 0 Å². The molecule has 0 bridgehead atoms. The lowest BCUT2D eigenvalue weighted by atomic mass is 10.1. The first kappa shape index (κ1) is 12.8. The van der Waals surface area contributed by atoms with Gasteiger partial charge in [-0.25, -0.2) is 0 Å². The highest BCUT2D eigenvalue weighted by Gasteiger charge is 2.02. The molecule has 0 saturated heterocycles. The van der Waals surface area contributed by atoms with Crippen molar-refractivity contribution >= 4 is 17.3 Å². The van der Waals surface area contributed by atoms with Crippen LogP contribution in [0.3, 0.4) is 0 Å². The van der Waals surface area contributed by atoms with Crippen molar-refractivity contribution in [1.29, 1.82) is 0 Å². The number of nitrogens with two attached hydrogens (primary N) is 1. The van der Waals surface area contributed by atoms with Gasteiger partial charge in [-0.1, -0.05) is 18.2 Å². The Balaban J connectivity index is 2.34. The van der Waals surface area contributed by atoms with Crippen molar-refractivity contribution in [3.8, 4) is 5.75 Å². The normalized spacial score (nSPS) is 9.88. The Kier molecular flexibility index (Phi) is 5.05. The maximum absolute atomic E-state index is 5.73. The van der Waals surface area contributed by atoms with Crippen LogP contribution in [0.25, 0.3) is 0 Å². The summed E-state index contributed by atoms with van der Waals surface area (Å²) in [5, 5.41) is 3.23. The van der Waals surface area contributed by atoms with Gasteiger partial charge in [0, 0.05) is 6.54 Å². The third kappa shape index (κ3) is 4.06. The van der Waals surface area contributed by atoms with Crippen LogP contribution < -0.4 is 15.8 Å². The molecule has 0 fully saturated rings. The number of hydrogen-bond donors (Lipinski definition) is 2. The van der Waals surface area contributed by atoms with Gasteiger partial charge < -0.3 is 15.8 Å². The van der Waals surface area contributed by atoms with Crippen LogP contribution in [0.5, 0.6) is 5.75 Å². The van der Waals surface area contributed by atoms with Crippen LogP contribution in [0, 0.1) is 13.8 Å². The lowest BCUT2D eigenvalue weighted by Gasteiger charge is -2.11. The fourth-order valence-corrected chi connectivity index (χ4v) is 1.59. The summed E-state index contributed by atoms with van der Waals surface area (Å²) in [7, 11) is 0. The second-order valence-electron chi connectivity index (χ2n) is 3.71. The van der Waals surface area contributed by atoms with Gasteiger partial charge in [0.1, 0.15) is 5.75 Å². The molecule has 1 aromatic rings. The maximum Gasteiger partial charge on any atom is 0.163 e. The van der Waals surface area contributed by atoms with Crippen molar-refractivity contribution in [3.05, 3.63) is 29.3 Å². The molecule has 0 aliphatic rings. The van der Waals surface area contributed by atoms with E-state index in [0.29, 0.717) is 11.7 Å². The Morgan fingerprint density at radius 2 is 2.00 bits per heavy atom. The Labute approximate surface area is 102 Å². The monoisotopic (exact) mass is 238 g/mol. The summed E-state index contributed by atoms with van der Waals surface area (Å²) in [4.78, 5) is 0. The molecule has 0 amide bonds. The van der Waals surface area contributed by atoms with Gasteiger partial charge in [-0.15, -0.1) is 0 Å². The third-order valence-corrected chi connectivity index (χ3v) is 2.42. The summed E-state index contributed by atoms with van der Waals surface area (Å²) in [5.74, 6) is 0.984. The SMILES string of the molecule is Cc1cccc(C)c1OCCCNC(N)=S. The summed E-state index contributed by atoms with van der Waals surface area (Å²) < 4.78 is 5.73. The number of thiocarbonyl (C=S) groups is 1. The third-order valence-electron chi connectivity index (χ3n) is 2.28. The molecule has 3 N–H and O–H groups in total. The molecule has 0 aliphatic heterocycles. The molecular formula is C12H18N2OS. The molecule has 0 saturated carbocycles. The predicted octanol–water partition coefficient (Wildman–Crippen LogP) is 1.91. The molecule has 3 nitrogen and oxygen atoms in total. The van der Waals surface area contributed by atoms with Gasteiger partial charge in [-0.05, 0) is 43.6 Å². The van der Waals surface area contributed by atoms with E-state index in [1.807, 2.05) is 6.07 Å². The highest BCUT2D eigenvalue weighted by Crippen LogP contribution is 2.22. The topological polar surface area (TPSA) is 47.3 Å². The van der Waals surface area contributed by atoms with E-state index < -0.39 is 0 Å². The van der Waals surface area contributed by atoms with Crippen LogP contribution in [0.1, 0.15) is 17.5 Å². The van der Waals surface area contributed by atoms with E-state index in [1.165, 1.54) is 11.1 Å². The summed E-state index contributed by atoms with van der Waals surface area (Å²) in [6.45, 7) is 5.52. The smallest absolute Gasteiger partial charge is 0.163 e. The Hall–Kier alpha value is -1.29. The van der Waals surface area contributed by atoms with Crippen molar-refractivity contribution < 1.29 is 4.74 Å². The van der Waals surface area contributed by atoms with Gasteiger partial charge in [0.15, 0.2) is 5.11 Å². The molecule has 0 atom stereocenters. The second kappa shape index (κ2) is 6.33. The molecule has 0 heterocycles. The first-order valence-electron chi connectivity index (χ1n) is 5.33.